The number of piperazine rings is 1. The number of aliphatic carboxylic acids is 1. The highest BCUT2D eigenvalue weighted by atomic mass is 16.6. The van der Waals surface area contributed by atoms with E-state index in [1.54, 1.807) is 17.9 Å². The third-order valence-corrected chi connectivity index (χ3v) is 3.22. The Hall–Kier alpha value is -2.22. The molecule has 2 heterocycles. The van der Waals surface area contributed by atoms with Crippen molar-refractivity contribution in [1.29, 1.82) is 0 Å². The fourth-order valence-electron chi connectivity index (χ4n) is 2.22. The van der Waals surface area contributed by atoms with Crippen LogP contribution in [0.25, 0.3) is 0 Å². The number of carboxylic acids is 1. The van der Waals surface area contributed by atoms with Crippen LogP contribution in [0.4, 0.5) is 11.5 Å². The summed E-state index contributed by atoms with van der Waals surface area (Å²) in [6.07, 6.45) is 0. The molecule has 8 nitrogen and oxygen atoms in total. The van der Waals surface area contributed by atoms with Crippen LogP contribution < -0.4 is 4.90 Å². The Balaban J connectivity index is 2.12. The minimum Gasteiger partial charge on any atom is -0.480 e. The number of hydrogen-bond acceptors (Lipinski definition) is 6. The highest BCUT2D eigenvalue weighted by Gasteiger charge is 2.25. The molecule has 1 N–H and O–H groups in total. The molecule has 8 heteroatoms. The smallest absolute Gasteiger partial charge is 0.317 e. The fourth-order valence-corrected chi connectivity index (χ4v) is 2.22. The lowest BCUT2D eigenvalue weighted by atomic mass is 10.2. The van der Waals surface area contributed by atoms with Gasteiger partial charge in [0.25, 0.3) is 0 Å². The summed E-state index contributed by atoms with van der Waals surface area (Å²) >= 11 is 0. The Morgan fingerprint density at radius 1 is 1.40 bits per heavy atom. The number of aryl methyl sites for hydroxylation is 1. The van der Waals surface area contributed by atoms with Crippen molar-refractivity contribution in [1.82, 2.24) is 9.88 Å². The average Bonchev–Trinajstić information content (AvgIpc) is 2.38. The maximum absolute atomic E-state index is 11.0. The molecule has 1 aliphatic heterocycles. The SMILES string of the molecule is Cc1ccc([N+](=O)[O-])c(N2CCN(CC(=O)O)CC2)n1. The molecule has 0 unspecified atom stereocenters. The zero-order valence-corrected chi connectivity index (χ0v) is 11.2. The molecular weight excluding hydrogens is 264 g/mol. The van der Waals surface area contributed by atoms with Crippen molar-refractivity contribution in [3.63, 3.8) is 0 Å². The van der Waals surface area contributed by atoms with E-state index >= 15 is 0 Å². The molecule has 0 atom stereocenters. The predicted octanol–water partition coefficient (Wildman–Crippen LogP) is 0.505. The third kappa shape index (κ3) is 3.21. The summed E-state index contributed by atoms with van der Waals surface area (Å²) in [5, 5.41) is 19.8. The maximum atomic E-state index is 11.0. The highest BCUT2D eigenvalue weighted by Crippen LogP contribution is 2.26. The Morgan fingerprint density at radius 2 is 2.05 bits per heavy atom. The largest absolute Gasteiger partial charge is 0.480 e. The average molecular weight is 280 g/mol. The van der Waals surface area contributed by atoms with E-state index in [9.17, 15) is 14.9 Å². The number of hydrogen-bond donors (Lipinski definition) is 1. The number of nitro groups is 1. The summed E-state index contributed by atoms with van der Waals surface area (Å²) in [6.45, 7) is 3.96. The van der Waals surface area contributed by atoms with Crippen molar-refractivity contribution in [2.24, 2.45) is 0 Å². The second kappa shape index (κ2) is 5.83. The zero-order valence-electron chi connectivity index (χ0n) is 11.2. The highest BCUT2D eigenvalue weighted by molar-refractivity contribution is 5.69. The number of aromatic nitrogens is 1. The topological polar surface area (TPSA) is 99.8 Å². The van der Waals surface area contributed by atoms with Crippen LogP contribution in [-0.2, 0) is 4.79 Å². The van der Waals surface area contributed by atoms with E-state index in [1.807, 2.05) is 4.90 Å². The molecule has 1 aliphatic rings. The molecule has 0 aliphatic carbocycles. The van der Waals surface area contributed by atoms with Gasteiger partial charge in [0.15, 0.2) is 0 Å². The van der Waals surface area contributed by atoms with Gasteiger partial charge < -0.3 is 10.0 Å². The Labute approximate surface area is 115 Å². The first-order valence-corrected chi connectivity index (χ1v) is 6.28. The molecule has 0 aromatic carbocycles. The second-order valence-corrected chi connectivity index (χ2v) is 4.71. The van der Waals surface area contributed by atoms with Crippen LogP contribution in [-0.4, -0.2) is 58.6 Å². The van der Waals surface area contributed by atoms with E-state index in [1.165, 1.54) is 6.07 Å². The predicted molar refractivity (Wildman–Crippen MR) is 71.9 cm³/mol. The minimum atomic E-state index is -0.863. The summed E-state index contributed by atoms with van der Waals surface area (Å²) in [5.74, 6) is -0.497. The van der Waals surface area contributed by atoms with Gasteiger partial charge in [0.2, 0.25) is 5.82 Å². The lowest BCUT2D eigenvalue weighted by Gasteiger charge is -2.34. The Morgan fingerprint density at radius 3 is 2.60 bits per heavy atom. The fraction of sp³-hybridized carbons (Fsp3) is 0.500. The van der Waals surface area contributed by atoms with Crippen LogP contribution in [0, 0.1) is 17.0 Å². The lowest BCUT2D eigenvalue weighted by molar-refractivity contribution is -0.384. The van der Waals surface area contributed by atoms with Gasteiger partial charge in [-0.05, 0) is 13.0 Å². The molecule has 0 saturated carbocycles. The van der Waals surface area contributed by atoms with Crippen molar-refractivity contribution in [3.8, 4) is 0 Å². The van der Waals surface area contributed by atoms with Crippen LogP contribution in [0.2, 0.25) is 0 Å². The minimum absolute atomic E-state index is 0.00280. The van der Waals surface area contributed by atoms with E-state index in [0.717, 1.165) is 5.69 Å². The summed E-state index contributed by atoms with van der Waals surface area (Å²) in [4.78, 5) is 29.1. The summed E-state index contributed by atoms with van der Waals surface area (Å²) in [5.41, 5.74) is 0.709. The summed E-state index contributed by atoms with van der Waals surface area (Å²) < 4.78 is 0. The van der Waals surface area contributed by atoms with Crippen LogP contribution in [0.3, 0.4) is 0 Å². The van der Waals surface area contributed by atoms with Gasteiger partial charge in [0.1, 0.15) is 0 Å². The number of carbonyl (C=O) groups is 1. The molecule has 1 fully saturated rings. The van der Waals surface area contributed by atoms with E-state index in [2.05, 4.69) is 4.98 Å². The van der Waals surface area contributed by atoms with Crippen molar-refractivity contribution >= 4 is 17.5 Å². The van der Waals surface area contributed by atoms with E-state index < -0.39 is 10.9 Å². The van der Waals surface area contributed by atoms with E-state index in [0.29, 0.717) is 32.0 Å². The van der Waals surface area contributed by atoms with Crippen molar-refractivity contribution in [2.45, 2.75) is 6.92 Å². The summed E-state index contributed by atoms with van der Waals surface area (Å²) in [6, 6.07) is 3.07. The number of nitrogens with zero attached hydrogens (tertiary/aromatic N) is 4. The van der Waals surface area contributed by atoms with Gasteiger partial charge in [-0.2, -0.15) is 0 Å². The molecular formula is C12H16N4O4. The van der Waals surface area contributed by atoms with Gasteiger partial charge >= 0.3 is 11.7 Å². The number of pyridine rings is 1. The molecule has 0 amide bonds. The van der Waals surface area contributed by atoms with Crippen LogP contribution in [0.5, 0.6) is 0 Å². The quantitative estimate of drug-likeness (QED) is 0.633. The van der Waals surface area contributed by atoms with Crippen molar-refractivity contribution in [2.75, 3.05) is 37.6 Å². The molecule has 1 saturated heterocycles. The number of rotatable bonds is 4. The van der Waals surface area contributed by atoms with Crippen molar-refractivity contribution in [3.05, 3.63) is 27.9 Å². The molecule has 1 aromatic rings. The molecule has 0 bridgehead atoms. The zero-order chi connectivity index (χ0) is 14.7. The lowest BCUT2D eigenvalue weighted by Crippen LogP contribution is -2.48. The molecule has 1 aromatic heterocycles. The Kier molecular flexibility index (Phi) is 4.14. The van der Waals surface area contributed by atoms with Gasteiger partial charge in [-0.15, -0.1) is 0 Å². The maximum Gasteiger partial charge on any atom is 0.317 e. The van der Waals surface area contributed by atoms with Crippen LogP contribution >= 0.6 is 0 Å². The molecule has 20 heavy (non-hydrogen) atoms. The van der Waals surface area contributed by atoms with Crippen molar-refractivity contribution < 1.29 is 14.8 Å². The monoisotopic (exact) mass is 280 g/mol. The molecule has 0 radical (unpaired) electrons. The third-order valence-electron chi connectivity index (χ3n) is 3.22. The standard InChI is InChI=1S/C12H16N4O4/c1-9-2-3-10(16(19)20)12(13-9)15-6-4-14(5-7-15)8-11(17)18/h2-3H,4-8H2,1H3,(H,17,18). The van der Waals surface area contributed by atoms with Gasteiger partial charge in [-0.1, -0.05) is 0 Å². The van der Waals surface area contributed by atoms with Gasteiger partial charge in [-0.25, -0.2) is 4.98 Å². The Bertz CT molecular complexity index is 526. The van der Waals surface area contributed by atoms with Gasteiger partial charge in [-0.3, -0.25) is 19.8 Å². The first kappa shape index (κ1) is 14.2. The number of anilines is 1. The molecule has 0 spiro atoms. The van der Waals surface area contributed by atoms with E-state index in [4.69, 9.17) is 5.11 Å². The first-order valence-electron chi connectivity index (χ1n) is 6.28. The first-order chi connectivity index (χ1) is 9.47. The summed E-state index contributed by atoms with van der Waals surface area (Å²) in [7, 11) is 0. The van der Waals surface area contributed by atoms with Gasteiger partial charge in [0, 0.05) is 37.9 Å². The molecule has 108 valence electrons. The number of carboxylic acid groups (broad SMARTS) is 1. The van der Waals surface area contributed by atoms with Crippen LogP contribution in [0.15, 0.2) is 12.1 Å². The van der Waals surface area contributed by atoms with E-state index in [-0.39, 0.29) is 12.2 Å². The second-order valence-electron chi connectivity index (χ2n) is 4.71. The molecule has 2 rings (SSSR count). The normalized spacial score (nSPS) is 16.1. The van der Waals surface area contributed by atoms with Crippen LogP contribution in [0.1, 0.15) is 5.69 Å². The van der Waals surface area contributed by atoms with Gasteiger partial charge in [0.05, 0.1) is 11.5 Å².